The van der Waals surface area contributed by atoms with Crippen LogP contribution in [-0.4, -0.2) is 30.5 Å². The minimum absolute atomic E-state index is 0.107. The van der Waals surface area contributed by atoms with E-state index >= 15 is 0 Å². The van der Waals surface area contributed by atoms with Crippen molar-refractivity contribution in [2.75, 3.05) is 0 Å². The molecule has 1 aromatic rings. The first-order chi connectivity index (χ1) is 10.2. The summed E-state index contributed by atoms with van der Waals surface area (Å²) in [5.41, 5.74) is -0.624. The Morgan fingerprint density at radius 1 is 1.50 bits per heavy atom. The molecule has 8 nitrogen and oxygen atoms in total. The quantitative estimate of drug-likeness (QED) is 0.514. The van der Waals surface area contributed by atoms with E-state index in [0.29, 0.717) is 17.3 Å². The molecule has 1 unspecified atom stereocenters. The predicted molar refractivity (Wildman–Crippen MR) is 82.1 cm³/mol. The van der Waals surface area contributed by atoms with Crippen molar-refractivity contribution >= 4 is 37.6 Å². The van der Waals surface area contributed by atoms with Crippen LogP contribution in [0.15, 0.2) is 27.6 Å². The van der Waals surface area contributed by atoms with Gasteiger partial charge in [0.25, 0.3) is 5.69 Å². The number of carboxylic acid groups (broad SMARTS) is 1. The molecule has 10 heteroatoms. The van der Waals surface area contributed by atoms with E-state index in [1.54, 1.807) is 0 Å². The maximum absolute atomic E-state index is 12.3. The van der Waals surface area contributed by atoms with Crippen LogP contribution in [0.25, 0.3) is 0 Å². The summed E-state index contributed by atoms with van der Waals surface area (Å²) in [5.74, 6) is -1.32. The molecule has 0 fully saturated rings. The molecule has 0 spiro atoms. The molecule has 0 heterocycles. The van der Waals surface area contributed by atoms with Gasteiger partial charge >= 0.3 is 5.97 Å². The first-order valence-corrected chi connectivity index (χ1v) is 8.65. The van der Waals surface area contributed by atoms with Gasteiger partial charge in [-0.05, 0) is 18.6 Å². The van der Waals surface area contributed by atoms with Gasteiger partial charge in [0.05, 0.1) is 4.92 Å². The Bertz CT molecular complexity index is 676. The number of nitrogens with zero attached hydrogens (tertiary/aromatic N) is 1. The van der Waals surface area contributed by atoms with Crippen molar-refractivity contribution in [3.63, 3.8) is 0 Å². The van der Waals surface area contributed by atoms with Crippen molar-refractivity contribution in [1.29, 1.82) is 0 Å². The van der Waals surface area contributed by atoms with Crippen LogP contribution in [0, 0.1) is 10.1 Å². The van der Waals surface area contributed by atoms with Crippen molar-refractivity contribution in [1.82, 2.24) is 4.72 Å². The molecule has 0 saturated carbocycles. The molecular formula is C12H15BrN2O6S. The van der Waals surface area contributed by atoms with Gasteiger partial charge < -0.3 is 5.11 Å². The number of nitro groups is 1. The number of carbonyl (C=O) groups is 1. The number of carboxylic acids is 1. The molecule has 0 bridgehead atoms. The van der Waals surface area contributed by atoms with E-state index in [2.05, 4.69) is 15.9 Å². The summed E-state index contributed by atoms with van der Waals surface area (Å²) < 4.78 is 26.9. The molecule has 0 aliphatic rings. The lowest BCUT2D eigenvalue weighted by atomic mass is 10.1. The van der Waals surface area contributed by atoms with Crippen LogP contribution in [0.2, 0.25) is 0 Å². The largest absolute Gasteiger partial charge is 0.480 e. The zero-order chi connectivity index (χ0) is 16.9. The highest BCUT2D eigenvalue weighted by Crippen LogP contribution is 2.27. The van der Waals surface area contributed by atoms with Crippen molar-refractivity contribution in [2.24, 2.45) is 0 Å². The number of unbranched alkanes of at least 4 members (excludes halogenated alkanes) is 1. The number of rotatable bonds is 8. The first kappa shape index (κ1) is 18.5. The zero-order valence-electron chi connectivity index (χ0n) is 11.7. The average molecular weight is 395 g/mol. The molecule has 0 saturated heterocycles. The fourth-order valence-electron chi connectivity index (χ4n) is 1.75. The van der Waals surface area contributed by atoms with Crippen LogP contribution in [0.4, 0.5) is 5.69 Å². The summed E-state index contributed by atoms with van der Waals surface area (Å²) in [5, 5.41) is 20.1. The number of hydrogen-bond acceptors (Lipinski definition) is 5. The van der Waals surface area contributed by atoms with E-state index in [9.17, 15) is 23.3 Å². The molecule has 122 valence electrons. The molecular weight excluding hydrogens is 380 g/mol. The Balaban J connectivity index is 3.18. The number of aliphatic carboxylic acids is 1. The minimum Gasteiger partial charge on any atom is -0.480 e. The number of hydrogen-bond donors (Lipinski definition) is 2. The van der Waals surface area contributed by atoms with Gasteiger partial charge in [0.1, 0.15) is 6.04 Å². The summed E-state index contributed by atoms with van der Waals surface area (Å²) >= 11 is 3.03. The van der Waals surface area contributed by atoms with Crippen LogP contribution in [0.1, 0.15) is 26.2 Å². The van der Waals surface area contributed by atoms with E-state index in [4.69, 9.17) is 5.11 Å². The number of benzene rings is 1. The Labute approximate surface area is 135 Å². The molecule has 0 radical (unpaired) electrons. The maximum Gasteiger partial charge on any atom is 0.321 e. The Hall–Kier alpha value is -1.52. The third kappa shape index (κ3) is 4.75. The number of halogens is 1. The third-order valence-electron chi connectivity index (χ3n) is 2.85. The van der Waals surface area contributed by atoms with Gasteiger partial charge in [-0.2, -0.15) is 4.72 Å². The third-order valence-corrected chi connectivity index (χ3v) is 4.86. The van der Waals surface area contributed by atoms with E-state index in [-0.39, 0.29) is 6.42 Å². The fraction of sp³-hybridized carbons (Fsp3) is 0.417. The van der Waals surface area contributed by atoms with E-state index in [1.807, 2.05) is 11.6 Å². The lowest BCUT2D eigenvalue weighted by Crippen LogP contribution is -2.40. The van der Waals surface area contributed by atoms with E-state index in [0.717, 1.165) is 12.1 Å². The van der Waals surface area contributed by atoms with E-state index in [1.165, 1.54) is 6.07 Å². The number of sulfonamides is 1. The van der Waals surface area contributed by atoms with Crippen molar-refractivity contribution < 1.29 is 23.2 Å². The number of nitro benzene ring substituents is 1. The standard InChI is InChI=1S/C12H15BrN2O6S/c1-2-3-4-9(12(16)17)14-22(20,21)11-6-5-8(13)7-10(11)15(18)19/h5-7,9,14H,2-4H2,1H3,(H,16,17). The molecule has 0 amide bonds. The zero-order valence-corrected chi connectivity index (χ0v) is 14.1. The highest BCUT2D eigenvalue weighted by Gasteiger charge is 2.30. The molecule has 1 aromatic carbocycles. The lowest BCUT2D eigenvalue weighted by Gasteiger charge is -2.14. The average Bonchev–Trinajstić information content (AvgIpc) is 2.42. The van der Waals surface area contributed by atoms with Crippen LogP contribution in [0.5, 0.6) is 0 Å². The summed E-state index contributed by atoms with van der Waals surface area (Å²) in [6.07, 6.45) is 1.32. The smallest absolute Gasteiger partial charge is 0.321 e. The minimum atomic E-state index is -4.32. The second-order valence-electron chi connectivity index (χ2n) is 4.52. The predicted octanol–water partition coefficient (Wildman–Crippen LogP) is 2.28. The van der Waals surface area contributed by atoms with Gasteiger partial charge in [0.15, 0.2) is 4.90 Å². The Kier molecular flexibility index (Phi) is 6.45. The highest BCUT2D eigenvalue weighted by atomic mass is 79.9. The second-order valence-corrected chi connectivity index (χ2v) is 7.12. The van der Waals surface area contributed by atoms with Crippen LogP contribution < -0.4 is 4.72 Å². The topological polar surface area (TPSA) is 127 Å². The highest BCUT2D eigenvalue weighted by molar-refractivity contribution is 9.10. The second kappa shape index (κ2) is 7.65. The summed E-state index contributed by atoms with van der Waals surface area (Å²) in [4.78, 5) is 20.7. The monoisotopic (exact) mass is 394 g/mol. The first-order valence-electron chi connectivity index (χ1n) is 6.38. The lowest BCUT2D eigenvalue weighted by molar-refractivity contribution is -0.387. The van der Waals surface area contributed by atoms with E-state index < -0.39 is 37.5 Å². The Morgan fingerprint density at radius 2 is 2.14 bits per heavy atom. The van der Waals surface area contributed by atoms with Crippen LogP contribution in [0.3, 0.4) is 0 Å². The molecule has 1 rings (SSSR count). The summed E-state index contributed by atoms with van der Waals surface area (Å²) in [6, 6.07) is 2.12. The SMILES string of the molecule is CCCCC(NS(=O)(=O)c1ccc(Br)cc1[N+](=O)[O-])C(=O)O. The van der Waals surface area contributed by atoms with Crippen molar-refractivity contribution in [3.8, 4) is 0 Å². The summed E-state index contributed by atoms with van der Waals surface area (Å²) in [7, 11) is -4.32. The fourth-order valence-corrected chi connectivity index (χ4v) is 3.48. The summed E-state index contributed by atoms with van der Waals surface area (Å²) in [6.45, 7) is 1.84. The van der Waals surface area contributed by atoms with Crippen molar-refractivity contribution in [3.05, 3.63) is 32.8 Å². The van der Waals surface area contributed by atoms with Gasteiger partial charge in [-0.3, -0.25) is 14.9 Å². The maximum atomic E-state index is 12.3. The van der Waals surface area contributed by atoms with Crippen LogP contribution >= 0.6 is 15.9 Å². The molecule has 0 aromatic heterocycles. The van der Waals surface area contributed by atoms with Gasteiger partial charge in [0, 0.05) is 10.5 Å². The van der Waals surface area contributed by atoms with Gasteiger partial charge in [-0.1, -0.05) is 35.7 Å². The molecule has 0 aliphatic carbocycles. The van der Waals surface area contributed by atoms with Gasteiger partial charge in [-0.25, -0.2) is 8.42 Å². The van der Waals surface area contributed by atoms with Gasteiger partial charge in [0.2, 0.25) is 10.0 Å². The molecule has 2 N–H and O–H groups in total. The Morgan fingerprint density at radius 3 is 2.64 bits per heavy atom. The molecule has 0 aliphatic heterocycles. The normalized spacial score (nSPS) is 12.8. The van der Waals surface area contributed by atoms with Gasteiger partial charge in [-0.15, -0.1) is 0 Å². The van der Waals surface area contributed by atoms with Crippen molar-refractivity contribution in [2.45, 2.75) is 37.1 Å². The van der Waals surface area contributed by atoms with Crippen LogP contribution in [-0.2, 0) is 14.8 Å². The molecule has 1 atom stereocenters. The number of nitrogens with one attached hydrogen (secondary N) is 1. The molecule has 22 heavy (non-hydrogen) atoms.